The number of hydrogen-bond donors (Lipinski definition) is 2. The van der Waals surface area contributed by atoms with Gasteiger partial charge in [-0.15, -0.1) is 0 Å². The predicted octanol–water partition coefficient (Wildman–Crippen LogP) is 3.38. The first-order chi connectivity index (χ1) is 16.8. The molecule has 0 amide bonds. The van der Waals surface area contributed by atoms with Gasteiger partial charge in [-0.3, -0.25) is 14.3 Å². The minimum Gasteiger partial charge on any atom is -0.481 e. The van der Waals surface area contributed by atoms with Crippen LogP contribution in [0.5, 0.6) is 0 Å². The van der Waals surface area contributed by atoms with Crippen molar-refractivity contribution < 1.29 is 9.90 Å². The van der Waals surface area contributed by atoms with E-state index in [1.807, 2.05) is 43.3 Å². The fourth-order valence-corrected chi connectivity index (χ4v) is 4.55. The van der Waals surface area contributed by atoms with Gasteiger partial charge in [-0.25, -0.2) is 19.1 Å². The lowest BCUT2D eigenvalue weighted by Gasteiger charge is -2.13. The fourth-order valence-electron chi connectivity index (χ4n) is 4.55. The number of aromatic nitrogens is 3. The highest BCUT2D eigenvalue weighted by molar-refractivity contribution is 5.69. The summed E-state index contributed by atoms with van der Waals surface area (Å²) in [4.78, 5) is 44.7. The molecule has 1 aliphatic rings. The van der Waals surface area contributed by atoms with Crippen LogP contribution in [0, 0.1) is 18.8 Å². The summed E-state index contributed by atoms with van der Waals surface area (Å²) in [5.74, 6) is -1.23. The van der Waals surface area contributed by atoms with Gasteiger partial charge in [0.25, 0.3) is 0 Å². The number of aliphatic carboxylic acids is 1. The minimum atomic E-state index is -1.08. The molecule has 0 unspecified atom stereocenters. The van der Waals surface area contributed by atoms with Crippen molar-refractivity contribution in [3.8, 4) is 0 Å². The SMILES string of the molecule is Cc1ccc(Cn2c(=O)n(C[C@H](C)C(=O)O)c(=O)[nH]/c2=N\c2ccc(CC3CCCC3)cc2)cc1. The van der Waals surface area contributed by atoms with Crippen LogP contribution in [0.1, 0.15) is 49.3 Å². The molecule has 184 valence electrons. The second kappa shape index (κ2) is 10.7. The van der Waals surface area contributed by atoms with Crippen LogP contribution < -0.4 is 17.0 Å². The quantitative estimate of drug-likeness (QED) is 0.519. The van der Waals surface area contributed by atoms with E-state index in [0.29, 0.717) is 5.69 Å². The number of carboxylic acid groups (broad SMARTS) is 1. The van der Waals surface area contributed by atoms with Crippen LogP contribution in [0.3, 0.4) is 0 Å². The Labute approximate surface area is 203 Å². The van der Waals surface area contributed by atoms with E-state index < -0.39 is 23.3 Å². The maximum Gasteiger partial charge on any atom is 0.335 e. The monoisotopic (exact) mass is 476 g/mol. The molecule has 1 fully saturated rings. The van der Waals surface area contributed by atoms with E-state index in [1.54, 1.807) is 0 Å². The van der Waals surface area contributed by atoms with Crippen molar-refractivity contribution in [3.63, 3.8) is 0 Å². The molecule has 1 heterocycles. The van der Waals surface area contributed by atoms with Crippen molar-refractivity contribution in [2.75, 3.05) is 0 Å². The molecule has 0 spiro atoms. The molecule has 0 bridgehead atoms. The topological polar surface area (TPSA) is 109 Å². The van der Waals surface area contributed by atoms with Gasteiger partial charge in [-0.2, -0.15) is 0 Å². The van der Waals surface area contributed by atoms with Gasteiger partial charge < -0.3 is 5.11 Å². The molecule has 3 aromatic rings. The number of carboxylic acids is 1. The van der Waals surface area contributed by atoms with E-state index in [0.717, 1.165) is 28.0 Å². The van der Waals surface area contributed by atoms with Crippen LogP contribution in [-0.2, 0) is 24.3 Å². The van der Waals surface area contributed by atoms with Gasteiger partial charge in [0.2, 0.25) is 5.62 Å². The summed E-state index contributed by atoms with van der Waals surface area (Å²) in [6, 6.07) is 15.6. The summed E-state index contributed by atoms with van der Waals surface area (Å²) in [5, 5.41) is 9.26. The standard InChI is InChI=1S/C27H32N4O4/c1-18-7-9-22(10-8-18)17-30-25(29-26(34)31(27(30)35)16-19(2)24(32)33)28-23-13-11-21(12-14-23)15-20-5-3-4-6-20/h7-14,19-20H,3-6,15-17H2,1-2H3,(H,32,33)(H,28,29,34)/t19-/m0/s1. The molecule has 1 atom stereocenters. The van der Waals surface area contributed by atoms with Crippen LogP contribution in [0.4, 0.5) is 5.69 Å². The summed E-state index contributed by atoms with van der Waals surface area (Å²) in [5.41, 5.74) is 2.70. The maximum absolute atomic E-state index is 13.3. The molecule has 0 radical (unpaired) electrons. The Bertz CT molecular complexity index is 1360. The molecule has 2 N–H and O–H groups in total. The number of nitrogens with one attached hydrogen (secondary N) is 1. The lowest BCUT2D eigenvalue weighted by molar-refractivity contribution is -0.141. The molecule has 4 rings (SSSR count). The minimum absolute atomic E-state index is 0.128. The number of rotatable bonds is 8. The summed E-state index contributed by atoms with van der Waals surface area (Å²) < 4.78 is 2.31. The van der Waals surface area contributed by atoms with E-state index in [2.05, 4.69) is 22.1 Å². The van der Waals surface area contributed by atoms with Crippen molar-refractivity contribution >= 4 is 11.7 Å². The Morgan fingerprint density at radius 1 is 1.03 bits per heavy atom. The Balaban J connectivity index is 1.73. The molecule has 8 heteroatoms. The molecule has 1 aromatic heterocycles. The second-order valence-electron chi connectivity index (χ2n) is 9.59. The first-order valence-electron chi connectivity index (χ1n) is 12.2. The Morgan fingerprint density at radius 2 is 1.66 bits per heavy atom. The molecule has 1 aliphatic carbocycles. The molecule has 8 nitrogen and oxygen atoms in total. The molecule has 2 aromatic carbocycles. The first-order valence-corrected chi connectivity index (χ1v) is 12.2. The summed E-state index contributed by atoms with van der Waals surface area (Å²) in [6.45, 7) is 3.40. The number of hydrogen-bond acceptors (Lipinski definition) is 4. The van der Waals surface area contributed by atoms with E-state index in [-0.39, 0.29) is 18.7 Å². The fraction of sp³-hybridized carbons (Fsp3) is 0.407. The third-order valence-electron chi connectivity index (χ3n) is 6.69. The van der Waals surface area contributed by atoms with Crippen LogP contribution in [0.25, 0.3) is 0 Å². The summed E-state index contributed by atoms with van der Waals surface area (Å²) in [7, 11) is 0. The number of aromatic amines is 1. The van der Waals surface area contributed by atoms with Gasteiger partial charge in [0.1, 0.15) is 0 Å². The normalized spacial score (nSPS) is 15.4. The molecule has 0 aliphatic heterocycles. The van der Waals surface area contributed by atoms with Gasteiger partial charge in [0, 0.05) is 6.54 Å². The van der Waals surface area contributed by atoms with Crippen molar-refractivity contribution in [3.05, 3.63) is 91.8 Å². The molecule has 1 saturated carbocycles. The lowest BCUT2D eigenvalue weighted by Crippen LogP contribution is -2.51. The Hall–Kier alpha value is -3.68. The van der Waals surface area contributed by atoms with E-state index in [4.69, 9.17) is 0 Å². The van der Waals surface area contributed by atoms with Crippen LogP contribution in [0.15, 0.2) is 63.1 Å². The molecular formula is C27H32N4O4. The average molecular weight is 477 g/mol. The largest absolute Gasteiger partial charge is 0.481 e. The van der Waals surface area contributed by atoms with Gasteiger partial charge in [0.15, 0.2) is 0 Å². The van der Waals surface area contributed by atoms with Crippen molar-refractivity contribution in [1.82, 2.24) is 14.1 Å². The zero-order valence-electron chi connectivity index (χ0n) is 20.2. The molecule has 0 saturated heterocycles. The van der Waals surface area contributed by atoms with Gasteiger partial charge in [-0.1, -0.05) is 74.6 Å². The zero-order chi connectivity index (χ0) is 24.9. The van der Waals surface area contributed by atoms with Gasteiger partial charge in [0.05, 0.1) is 18.2 Å². The predicted molar refractivity (Wildman–Crippen MR) is 134 cm³/mol. The van der Waals surface area contributed by atoms with Crippen LogP contribution >= 0.6 is 0 Å². The Kier molecular flexibility index (Phi) is 7.48. The molecular weight excluding hydrogens is 444 g/mol. The zero-order valence-corrected chi connectivity index (χ0v) is 20.2. The molecule has 35 heavy (non-hydrogen) atoms. The summed E-state index contributed by atoms with van der Waals surface area (Å²) >= 11 is 0. The average Bonchev–Trinajstić information content (AvgIpc) is 3.34. The summed E-state index contributed by atoms with van der Waals surface area (Å²) in [6.07, 6.45) is 6.24. The number of aryl methyl sites for hydroxylation is 1. The number of H-pyrrole nitrogens is 1. The highest BCUT2D eigenvalue weighted by atomic mass is 16.4. The van der Waals surface area contributed by atoms with Crippen LogP contribution in [-0.4, -0.2) is 25.2 Å². The third kappa shape index (κ3) is 6.07. The number of carbonyl (C=O) groups is 1. The number of nitrogens with zero attached hydrogens (tertiary/aromatic N) is 3. The van der Waals surface area contributed by atoms with Crippen molar-refractivity contribution in [2.45, 2.75) is 59.0 Å². The van der Waals surface area contributed by atoms with Crippen molar-refractivity contribution in [2.24, 2.45) is 16.8 Å². The van der Waals surface area contributed by atoms with Crippen LogP contribution in [0.2, 0.25) is 0 Å². The second-order valence-corrected chi connectivity index (χ2v) is 9.59. The van der Waals surface area contributed by atoms with Gasteiger partial charge in [-0.05, 0) is 42.5 Å². The van der Waals surface area contributed by atoms with E-state index in [1.165, 1.54) is 42.7 Å². The maximum atomic E-state index is 13.3. The highest BCUT2D eigenvalue weighted by Gasteiger charge is 2.17. The smallest absolute Gasteiger partial charge is 0.335 e. The third-order valence-corrected chi connectivity index (χ3v) is 6.69. The van der Waals surface area contributed by atoms with E-state index in [9.17, 15) is 19.5 Å². The van der Waals surface area contributed by atoms with Gasteiger partial charge >= 0.3 is 17.3 Å². The van der Waals surface area contributed by atoms with E-state index >= 15 is 0 Å². The number of benzene rings is 2. The highest BCUT2D eigenvalue weighted by Crippen LogP contribution is 2.28. The first kappa shape index (κ1) is 24.4. The Morgan fingerprint density at radius 3 is 2.29 bits per heavy atom. The lowest BCUT2D eigenvalue weighted by atomic mass is 9.98. The van der Waals surface area contributed by atoms with Crippen molar-refractivity contribution in [1.29, 1.82) is 0 Å².